The maximum Gasteiger partial charge on any atom is 0.490 e. The topological polar surface area (TPSA) is 157 Å². The molecule has 1 atom stereocenters. The second-order valence-electron chi connectivity index (χ2n) is 9.47. The number of aromatic nitrogens is 2. The molecule has 0 radical (unpaired) electrons. The van der Waals surface area contributed by atoms with Gasteiger partial charge in [-0.05, 0) is 36.9 Å². The highest BCUT2D eigenvalue weighted by Crippen LogP contribution is 2.34. The zero-order valence-electron chi connectivity index (χ0n) is 23.4. The van der Waals surface area contributed by atoms with Gasteiger partial charge in [0.25, 0.3) is 5.91 Å². The predicted octanol–water partition coefficient (Wildman–Crippen LogP) is 3.87. The molecule has 244 valence electrons. The van der Waals surface area contributed by atoms with Crippen LogP contribution in [0.15, 0.2) is 54.9 Å². The lowest BCUT2D eigenvalue weighted by atomic mass is 10.1. The lowest BCUT2D eigenvalue weighted by Gasteiger charge is -2.35. The van der Waals surface area contributed by atoms with E-state index in [-0.39, 0.29) is 12.5 Å². The molecule has 0 spiro atoms. The third-order valence-electron chi connectivity index (χ3n) is 6.22. The normalized spacial score (nSPS) is 16.3. The fourth-order valence-electron chi connectivity index (χ4n) is 3.90. The van der Waals surface area contributed by atoms with E-state index < -0.39 is 30.4 Å². The molecule has 5 rings (SSSR count). The first-order valence-corrected chi connectivity index (χ1v) is 12.9. The fourth-order valence-corrected chi connectivity index (χ4v) is 3.90. The summed E-state index contributed by atoms with van der Waals surface area (Å²) >= 11 is 0. The number of aliphatic carboxylic acids is 2. The molecule has 0 bridgehead atoms. The number of ether oxygens (including phenoxy) is 2. The Labute approximate surface area is 251 Å². The quantitative estimate of drug-likeness (QED) is 0.307. The summed E-state index contributed by atoms with van der Waals surface area (Å²) in [4.78, 5) is 35.4. The second-order valence-corrected chi connectivity index (χ2v) is 9.47. The van der Waals surface area contributed by atoms with Gasteiger partial charge in [-0.1, -0.05) is 18.2 Å². The second kappa shape index (κ2) is 14.7. The summed E-state index contributed by atoms with van der Waals surface area (Å²) in [6.45, 7) is 3.91. The van der Waals surface area contributed by atoms with Crippen molar-refractivity contribution in [3.05, 3.63) is 54.9 Å². The number of H-pyrrole nitrogens is 1. The largest absolute Gasteiger partial charge is 0.490 e. The maximum atomic E-state index is 13.0. The third-order valence-corrected chi connectivity index (χ3v) is 6.22. The molecule has 1 saturated heterocycles. The first kappa shape index (κ1) is 34.5. The molecule has 12 nitrogen and oxygen atoms in total. The van der Waals surface area contributed by atoms with Gasteiger partial charge in [-0.25, -0.2) is 9.59 Å². The number of piperazine rings is 1. The molecule has 1 aromatic heterocycles. The van der Waals surface area contributed by atoms with Crippen molar-refractivity contribution in [2.24, 2.45) is 0 Å². The number of hydrogen-bond acceptors (Lipinski definition) is 8. The first-order chi connectivity index (χ1) is 21.1. The van der Waals surface area contributed by atoms with Crippen molar-refractivity contribution in [1.82, 2.24) is 15.1 Å². The van der Waals surface area contributed by atoms with E-state index in [2.05, 4.69) is 38.4 Å². The van der Waals surface area contributed by atoms with E-state index in [1.807, 2.05) is 42.6 Å². The molecule has 1 amide bonds. The fraction of sp³-hybridized carbons (Fsp3) is 0.333. The lowest BCUT2D eigenvalue weighted by Crippen LogP contribution is -2.45. The van der Waals surface area contributed by atoms with Crippen LogP contribution in [0, 0.1) is 0 Å². The summed E-state index contributed by atoms with van der Waals surface area (Å²) in [5.74, 6) is -4.49. The van der Waals surface area contributed by atoms with Gasteiger partial charge in [-0.3, -0.25) is 9.89 Å². The Balaban J connectivity index is 0.000000331. The number of likely N-dealkylation sites (N-methyl/N-ethyl adjacent to an activating group) is 1. The summed E-state index contributed by atoms with van der Waals surface area (Å²) < 4.78 is 75.1. The Bertz CT molecular complexity index is 1430. The van der Waals surface area contributed by atoms with Gasteiger partial charge in [-0.2, -0.15) is 31.4 Å². The first-order valence-electron chi connectivity index (χ1n) is 12.9. The number of aromatic amines is 1. The predicted molar refractivity (Wildman–Crippen MR) is 146 cm³/mol. The van der Waals surface area contributed by atoms with Crippen LogP contribution in [0.25, 0.3) is 11.1 Å². The number of hydrogen-bond donors (Lipinski definition) is 4. The minimum Gasteiger partial charge on any atom is -0.485 e. The molecule has 3 heterocycles. The number of anilines is 2. The Kier molecular flexibility index (Phi) is 11.2. The molecule has 18 heteroatoms. The van der Waals surface area contributed by atoms with Crippen molar-refractivity contribution in [2.75, 3.05) is 50.1 Å². The van der Waals surface area contributed by atoms with Gasteiger partial charge < -0.3 is 34.8 Å². The monoisotopic (exact) mass is 647 g/mol. The van der Waals surface area contributed by atoms with Crippen molar-refractivity contribution in [2.45, 2.75) is 18.5 Å². The molecule has 4 N–H and O–H groups in total. The Morgan fingerprint density at radius 3 is 2.02 bits per heavy atom. The molecule has 1 unspecified atom stereocenters. The Hall–Kier alpha value is -5.00. The maximum absolute atomic E-state index is 13.0. The van der Waals surface area contributed by atoms with Crippen LogP contribution in [0.3, 0.4) is 0 Å². The van der Waals surface area contributed by atoms with E-state index in [1.54, 1.807) is 6.20 Å². The summed E-state index contributed by atoms with van der Waals surface area (Å²) in [5.41, 5.74) is 3.82. The molecule has 45 heavy (non-hydrogen) atoms. The average Bonchev–Trinajstić information content (AvgIpc) is 3.52. The highest BCUT2D eigenvalue weighted by molar-refractivity contribution is 5.98. The standard InChI is InChI=1S/C23H25N5O3.2C2HF3O2/c1-27-8-10-28(11-9-27)19-12-16(17-13-24-25-14-17)6-7-18(19)26-23(29)22-15-30-20-4-2-3-5-21(20)31-22;2*3-2(4,5)1(6)7/h2-7,12-14,22H,8-11,15H2,1H3,(H,24,25)(H,26,29);2*(H,6,7). The molecule has 2 aliphatic heterocycles. The molecule has 2 aliphatic rings. The number of carboxylic acid groups (broad SMARTS) is 2. The summed E-state index contributed by atoms with van der Waals surface area (Å²) in [5, 5.41) is 24.2. The zero-order chi connectivity index (χ0) is 33.4. The Morgan fingerprint density at radius 2 is 1.49 bits per heavy atom. The number of carbonyl (C=O) groups excluding carboxylic acids is 1. The van der Waals surface area contributed by atoms with Gasteiger partial charge in [0, 0.05) is 37.9 Å². The minimum absolute atomic E-state index is 0.180. The number of halogens is 6. The number of carboxylic acids is 2. The smallest absolute Gasteiger partial charge is 0.485 e. The third kappa shape index (κ3) is 10.0. The Morgan fingerprint density at radius 1 is 0.911 bits per heavy atom. The number of benzene rings is 2. The summed E-state index contributed by atoms with van der Waals surface area (Å²) in [6.07, 6.45) is -7.21. The van der Waals surface area contributed by atoms with Gasteiger partial charge in [0.2, 0.25) is 6.10 Å². The average molecular weight is 648 g/mol. The van der Waals surface area contributed by atoms with Crippen LogP contribution in [0.5, 0.6) is 11.5 Å². The number of para-hydroxylation sites is 2. The molecule has 3 aromatic rings. The molecular weight excluding hydrogens is 620 g/mol. The number of alkyl halides is 6. The van der Waals surface area contributed by atoms with Gasteiger partial charge >= 0.3 is 24.3 Å². The summed E-state index contributed by atoms with van der Waals surface area (Å²) in [6, 6.07) is 13.4. The molecule has 1 fully saturated rings. The van der Waals surface area contributed by atoms with Crippen molar-refractivity contribution in [3.63, 3.8) is 0 Å². The van der Waals surface area contributed by atoms with E-state index in [0.29, 0.717) is 11.5 Å². The van der Waals surface area contributed by atoms with Crippen molar-refractivity contribution in [3.8, 4) is 22.6 Å². The lowest BCUT2D eigenvalue weighted by molar-refractivity contribution is -0.193. The highest BCUT2D eigenvalue weighted by atomic mass is 19.4. The van der Waals surface area contributed by atoms with Crippen LogP contribution in [-0.2, 0) is 14.4 Å². The minimum atomic E-state index is -5.08. The number of nitrogens with one attached hydrogen (secondary N) is 2. The number of amides is 1. The van der Waals surface area contributed by atoms with Crippen LogP contribution in [0.1, 0.15) is 0 Å². The van der Waals surface area contributed by atoms with Crippen molar-refractivity contribution >= 4 is 29.2 Å². The molecule has 0 saturated carbocycles. The van der Waals surface area contributed by atoms with Gasteiger partial charge in [0.15, 0.2) is 11.5 Å². The molecular formula is C27H27F6N5O7. The van der Waals surface area contributed by atoms with Crippen LogP contribution < -0.4 is 19.7 Å². The van der Waals surface area contributed by atoms with Gasteiger partial charge in [0.1, 0.15) is 6.61 Å². The summed E-state index contributed by atoms with van der Waals surface area (Å²) in [7, 11) is 2.13. The number of nitrogens with zero attached hydrogens (tertiary/aromatic N) is 3. The van der Waals surface area contributed by atoms with Crippen LogP contribution in [0.2, 0.25) is 0 Å². The number of rotatable bonds is 4. The van der Waals surface area contributed by atoms with E-state index in [1.165, 1.54) is 0 Å². The van der Waals surface area contributed by atoms with Crippen LogP contribution in [-0.4, -0.2) is 101 Å². The van der Waals surface area contributed by atoms with E-state index in [0.717, 1.165) is 48.7 Å². The SMILES string of the molecule is CN1CCN(c2cc(-c3cn[nH]c3)ccc2NC(=O)C2COc3ccccc3O2)CC1.O=C(O)C(F)(F)F.O=C(O)C(F)(F)F. The number of carbonyl (C=O) groups is 3. The van der Waals surface area contributed by atoms with Crippen LogP contribution in [0.4, 0.5) is 37.7 Å². The zero-order valence-corrected chi connectivity index (χ0v) is 23.4. The van der Waals surface area contributed by atoms with Crippen molar-refractivity contribution in [1.29, 1.82) is 0 Å². The molecule has 0 aliphatic carbocycles. The van der Waals surface area contributed by atoms with E-state index in [9.17, 15) is 31.1 Å². The number of fused-ring (bicyclic) bond motifs is 1. The molecule has 2 aromatic carbocycles. The van der Waals surface area contributed by atoms with E-state index in [4.69, 9.17) is 29.3 Å². The van der Waals surface area contributed by atoms with Crippen LogP contribution >= 0.6 is 0 Å². The van der Waals surface area contributed by atoms with Gasteiger partial charge in [0.05, 0.1) is 17.6 Å². The highest BCUT2D eigenvalue weighted by Gasteiger charge is 2.39. The van der Waals surface area contributed by atoms with Crippen molar-refractivity contribution < 1.29 is 60.4 Å². The van der Waals surface area contributed by atoms with E-state index >= 15 is 0 Å². The van der Waals surface area contributed by atoms with Gasteiger partial charge in [-0.15, -0.1) is 0 Å².